The summed E-state index contributed by atoms with van der Waals surface area (Å²) in [6.07, 6.45) is 2.26. The van der Waals surface area contributed by atoms with Crippen molar-refractivity contribution in [3.63, 3.8) is 0 Å². The van der Waals surface area contributed by atoms with Gasteiger partial charge in [-0.3, -0.25) is 14.6 Å². The molecule has 0 saturated carbocycles. The molecule has 1 heterocycles. The number of ether oxygens (including phenoxy) is 1. The zero-order valence-corrected chi connectivity index (χ0v) is 17.5. The molecular formula is C22H37N3O2. The number of nitrogens with zero attached hydrogens (tertiary/aromatic N) is 2. The summed E-state index contributed by atoms with van der Waals surface area (Å²) < 4.78 is 5.53. The van der Waals surface area contributed by atoms with Gasteiger partial charge < -0.3 is 10.1 Å². The molecule has 1 aromatic rings. The van der Waals surface area contributed by atoms with Crippen molar-refractivity contribution < 1.29 is 9.53 Å². The minimum Gasteiger partial charge on any atom is -0.379 e. The lowest BCUT2D eigenvalue weighted by Crippen LogP contribution is -2.53. The van der Waals surface area contributed by atoms with Crippen LogP contribution in [-0.4, -0.2) is 68.2 Å². The van der Waals surface area contributed by atoms with Gasteiger partial charge in [-0.15, -0.1) is 0 Å². The molecule has 0 radical (unpaired) electrons. The Morgan fingerprint density at radius 3 is 2.33 bits per heavy atom. The van der Waals surface area contributed by atoms with Gasteiger partial charge in [-0.05, 0) is 25.1 Å². The van der Waals surface area contributed by atoms with Crippen LogP contribution in [-0.2, 0) is 9.53 Å². The van der Waals surface area contributed by atoms with E-state index in [0.717, 1.165) is 51.3 Å². The number of rotatable bonds is 10. The van der Waals surface area contributed by atoms with Crippen molar-refractivity contribution in [1.82, 2.24) is 15.1 Å². The van der Waals surface area contributed by atoms with Gasteiger partial charge in [0.15, 0.2) is 0 Å². The zero-order valence-electron chi connectivity index (χ0n) is 17.5. The normalized spacial score (nSPS) is 17.9. The lowest BCUT2D eigenvalue weighted by molar-refractivity contribution is -0.126. The molecule has 1 saturated heterocycles. The van der Waals surface area contributed by atoms with Gasteiger partial charge in [0.2, 0.25) is 5.91 Å². The van der Waals surface area contributed by atoms with Gasteiger partial charge in [0.25, 0.3) is 0 Å². The summed E-state index contributed by atoms with van der Waals surface area (Å²) >= 11 is 0. The van der Waals surface area contributed by atoms with Crippen LogP contribution in [0.3, 0.4) is 0 Å². The second kappa shape index (κ2) is 11.4. The third-order valence-corrected chi connectivity index (χ3v) is 5.90. The lowest BCUT2D eigenvalue weighted by Gasteiger charge is -2.39. The monoisotopic (exact) mass is 375 g/mol. The second-order valence-electron chi connectivity index (χ2n) is 7.42. The summed E-state index contributed by atoms with van der Waals surface area (Å²) in [4.78, 5) is 17.7. The zero-order chi connectivity index (χ0) is 19.6. The molecule has 1 fully saturated rings. The molecule has 2 atom stereocenters. The summed E-state index contributed by atoms with van der Waals surface area (Å²) in [7, 11) is 2.01. The molecule has 0 bridgehead atoms. The summed E-state index contributed by atoms with van der Waals surface area (Å²) in [5.41, 5.74) is 1.05. The number of carbonyl (C=O) groups excluding carboxylic acids is 1. The van der Waals surface area contributed by atoms with E-state index in [1.807, 2.05) is 37.4 Å². The van der Waals surface area contributed by atoms with Crippen molar-refractivity contribution in [2.45, 2.75) is 45.7 Å². The highest BCUT2D eigenvalue weighted by Gasteiger charge is 2.29. The van der Waals surface area contributed by atoms with Crippen molar-refractivity contribution in [2.75, 3.05) is 46.4 Å². The Balaban J connectivity index is 2.09. The summed E-state index contributed by atoms with van der Waals surface area (Å²) in [5.74, 6) is 0.678. The molecule has 1 amide bonds. The fraction of sp³-hybridized carbons (Fsp3) is 0.682. The van der Waals surface area contributed by atoms with Crippen LogP contribution in [0.25, 0.3) is 0 Å². The van der Waals surface area contributed by atoms with E-state index in [2.05, 4.69) is 35.9 Å². The molecule has 27 heavy (non-hydrogen) atoms. The summed E-state index contributed by atoms with van der Waals surface area (Å²) in [6.45, 7) is 11.6. The summed E-state index contributed by atoms with van der Waals surface area (Å²) in [5, 5.41) is 3.28. The van der Waals surface area contributed by atoms with Crippen molar-refractivity contribution >= 4 is 5.91 Å². The number of likely N-dealkylation sites (N-methyl/N-ethyl adjacent to an activating group) is 1. The van der Waals surface area contributed by atoms with E-state index in [-0.39, 0.29) is 11.9 Å². The third kappa shape index (κ3) is 6.03. The van der Waals surface area contributed by atoms with Crippen molar-refractivity contribution in [3.05, 3.63) is 35.9 Å². The van der Waals surface area contributed by atoms with Gasteiger partial charge in [0.1, 0.15) is 6.04 Å². The molecule has 0 aromatic heterocycles. The molecule has 0 aliphatic carbocycles. The molecule has 1 aliphatic rings. The molecule has 2 unspecified atom stereocenters. The first-order chi connectivity index (χ1) is 13.1. The molecule has 1 aromatic carbocycles. The molecule has 1 N–H and O–H groups in total. The average molecular weight is 376 g/mol. The van der Waals surface area contributed by atoms with E-state index in [0.29, 0.717) is 18.5 Å². The van der Waals surface area contributed by atoms with Crippen LogP contribution in [0, 0.1) is 5.92 Å². The van der Waals surface area contributed by atoms with Crippen LogP contribution >= 0.6 is 0 Å². The quantitative estimate of drug-likeness (QED) is 0.683. The molecule has 1 aliphatic heterocycles. The van der Waals surface area contributed by atoms with Crippen LogP contribution in [0.2, 0.25) is 0 Å². The van der Waals surface area contributed by atoms with Gasteiger partial charge in [0, 0.05) is 25.7 Å². The predicted octanol–water partition coefficient (Wildman–Crippen LogP) is 2.93. The molecular weight excluding hydrogens is 338 g/mol. The highest BCUT2D eigenvalue weighted by molar-refractivity contribution is 5.83. The van der Waals surface area contributed by atoms with Crippen LogP contribution < -0.4 is 5.32 Å². The van der Waals surface area contributed by atoms with Gasteiger partial charge in [-0.2, -0.15) is 0 Å². The second-order valence-corrected chi connectivity index (χ2v) is 7.42. The average Bonchev–Trinajstić information content (AvgIpc) is 2.72. The van der Waals surface area contributed by atoms with Crippen molar-refractivity contribution in [2.24, 2.45) is 5.92 Å². The lowest BCUT2D eigenvalue weighted by atomic mass is 9.92. The number of amides is 1. The number of hydrogen-bond acceptors (Lipinski definition) is 4. The highest BCUT2D eigenvalue weighted by Crippen LogP contribution is 2.22. The maximum absolute atomic E-state index is 13.1. The van der Waals surface area contributed by atoms with Gasteiger partial charge in [0.05, 0.1) is 13.2 Å². The Morgan fingerprint density at radius 1 is 1.15 bits per heavy atom. The maximum atomic E-state index is 13.1. The largest absolute Gasteiger partial charge is 0.379 e. The maximum Gasteiger partial charge on any atom is 0.242 e. The highest BCUT2D eigenvalue weighted by atomic mass is 16.5. The van der Waals surface area contributed by atoms with Gasteiger partial charge in [-0.1, -0.05) is 63.9 Å². The van der Waals surface area contributed by atoms with E-state index in [1.54, 1.807) is 0 Å². The number of benzene rings is 1. The molecule has 5 heteroatoms. The van der Waals surface area contributed by atoms with Crippen LogP contribution in [0.5, 0.6) is 0 Å². The molecule has 2 rings (SSSR count). The van der Waals surface area contributed by atoms with E-state index in [4.69, 9.17) is 4.74 Å². The van der Waals surface area contributed by atoms with Gasteiger partial charge in [-0.25, -0.2) is 0 Å². The van der Waals surface area contributed by atoms with Crippen molar-refractivity contribution in [3.8, 4) is 0 Å². The number of morpholine rings is 1. The Bertz CT molecular complexity index is 542. The first-order valence-electron chi connectivity index (χ1n) is 10.5. The van der Waals surface area contributed by atoms with Crippen LogP contribution in [0.15, 0.2) is 30.3 Å². The van der Waals surface area contributed by atoms with E-state index in [1.165, 1.54) is 0 Å². The number of carbonyl (C=O) groups is 1. The van der Waals surface area contributed by atoms with Crippen LogP contribution in [0.1, 0.15) is 45.2 Å². The third-order valence-electron chi connectivity index (χ3n) is 5.90. The SMILES string of the molecule is CCC(CC)C(CNC(=O)C(c1ccccc1)N(C)CC)N1CCOCC1. The smallest absolute Gasteiger partial charge is 0.242 e. The minimum absolute atomic E-state index is 0.0924. The van der Waals surface area contributed by atoms with E-state index < -0.39 is 0 Å². The fourth-order valence-corrected chi connectivity index (χ4v) is 4.06. The molecule has 5 nitrogen and oxygen atoms in total. The number of nitrogens with one attached hydrogen (secondary N) is 1. The predicted molar refractivity (Wildman–Crippen MR) is 111 cm³/mol. The van der Waals surface area contributed by atoms with Crippen molar-refractivity contribution in [1.29, 1.82) is 0 Å². The Morgan fingerprint density at radius 2 is 1.78 bits per heavy atom. The first kappa shape index (κ1) is 21.9. The van der Waals surface area contributed by atoms with E-state index in [9.17, 15) is 4.79 Å². The Kier molecular flexibility index (Phi) is 9.25. The Labute approximate surface area is 165 Å². The standard InChI is InChI=1S/C22H37N3O2/c1-5-18(6-2)20(25-13-15-27-16-14-25)17-23-22(26)21(24(4)7-3)19-11-9-8-10-12-19/h8-12,18,20-21H,5-7,13-17H2,1-4H3,(H,23,26). The van der Waals surface area contributed by atoms with E-state index >= 15 is 0 Å². The fourth-order valence-electron chi connectivity index (χ4n) is 4.06. The number of hydrogen-bond donors (Lipinski definition) is 1. The molecule has 0 spiro atoms. The Hall–Kier alpha value is -1.43. The topological polar surface area (TPSA) is 44.8 Å². The van der Waals surface area contributed by atoms with Gasteiger partial charge >= 0.3 is 0 Å². The van der Waals surface area contributed by atoms with Crippen LogP contribution in [0.4, 0.5) is 0 Å². The minimum atomic E-state index is -0.247. The summed E-state index contributed by atoms with van der Waals surface area (Å²) in [6, 6.07) is 10.2. The first-order valence-corrected chi connectivity index (χ1v) is 10.5. The molecule has 152 valence electrons.